The number of aromatic amines is 1. The summed E-state index contributed by atoms with van der Waals surface area (Å²) < 4.78 is 5.23. The van der Waals surface area contributed by atoms with Crippen molar-refractivity contribution in [1.82, 2.24) is 25.1 Å². The van der Waals surface area contributed by atoms with Crippen LogP contribution in [0.4, 0.5) is 17.3 Å². The maximum absolute atomic E-state index is 12.5. The van der Waals surface area contributed by atoms with Crippen LogP contribution in [-0.4, -0.2) is 70.9 Å². The number of anilines is 3. The number of esters is 1. The zero-order valence-corrected chi connectivity index (χ0v) is 20.2. The normalized spacial score (nSPS) is 17.1. The number of aromatic nitrogens is 4. The van der Waals surface area contributed by atoms with Crippen molar-refractivity contribution in [1.29, 1.82) is 0 Å². The molecule has 1 aromatic carbocycles. The molecule has 9 heteroatoms. The Bertz CT molecular complexity index is 1190. The monoisotopic (exact) mass is 461 g/mol. The summed E-state index contributed by atoms with van der Waals surface area (Å²) in [6.07, 6.45) is 2.56. The van der Waals surface area contributed by atoms with Gasteiger partial charge in [-0.2, -0.15) is 5.10 Å². The lowest BCUT2D eigenvalue weighted by Gasteiger charge is -2.34. The number of nitrogens with zero attached hydrogens (tertiary/aromatic N) is 5. The molecule has 1 aliphatic carbocycles. The smallest absolute Gasteiger partial charge is 0.356 e. The molecule has 2 aliphatic rings. The molecule has 34 heavy (non-hydrogen) atoms. The van der Waals surface area contributed by atoms with Crippen molar-refractivity contribution < 1.29 is 9.53 Å². The van der Waals surface area contributed by atoms with Crippen LogP contribution in [0, 0.1) is 0 Å². The molecule has 0 spiro atoms. The van der Waals surface area contributed by atoms with E-state index in [-0.39, 0.29) is 11.4 Å². The standard InChI is InChI=1S/C25H31N7O2/c1-5-34-23(33)22-19-21(29-30-22)20-16(14-25(19,2)3)15-26-24(28-20)27-17-6-8-18(9-7-17)32-12-10-31(4)11-13-32/h6-9,15H,5,10-14H2,1-4H3,(H,29,30)(H,26,27,28). The van der Waals surface area contributed by atoms with Gasteiger partial charge in [-0.05, 0) is 55.6 Å². The highest BCUT2D eigenvalue weighted by atomic mass is 16.5. The number of carbonyl (C=O) groups excluding carboxylic acids is 1. The first kappa shape index (κ1) is 22.3. The van der Waals surface area contributed by atoms with E-state index in [0.717, 1.165) is 48.7 Å². The second-order valence-electron chi connectivity index (χ2n) is 9.63. The van der Waals surface area contributed by atoms with Gasteiger partial charge >= 0.3 is 5.97 Å². The summed E-state index contributed by atoms with van der Waals surface area (Å²) in [6, 6.07) is 8.37. The summed E-state index contributed by atoms with van der Waals surface area (Å²) in [7, 11) is 2.16. The van der Waals surface area contributed by atoms with Crippen LogP contribution in [0.1, 0.15) is 42.4 Å². The fourth-order valence-corrected chi connectivity index (χ4v) is 4.84. The van der Waals surface area contributed by atoms with E-state index in [4.69, 9.17) is 9.72 Å². The van der Waals surface area contributed by atoms with Gasteiger partial charge in [-0.3, -0.25) is 5.10 Å². The van der Waals surface area contributed by atoms with Gasteiger partial charge in [0.25, 0.3) is 0 Å². The first-order valence-electron chi connectivity index (χ1n) is 11.8. The molecule has 0 saturated carbocycles. The second kappa shape index (κ2) is 8.72. The van der Waals surface area contributed by atoms with Crippen LogP contribution in [0.25, 0.3) is 11.4 Å². The molecule has 0 amide bonds. The first-order chi connectivity index (χ1) is 16.4. The number of carbonyl (C=O) groups is 1. The van der Waals surface area contributed by atoms with Gasteiger partial charge in [0.2, 0.25) is 5.95 Å². The number of H-pyrrole nitrogens is 1. The van der Waals surface area contributed by atoms with Gasteiger partial charge in [0.15, 0.2) is 0 Å². The Kier molecular flexibility index (Phi) is 5.73. The molecule has 178 valence electrons. The zero-order chi connectivity index (χ0) is 23.9. The molecule has 0 bridgehead atoms. The average Bonchev–Trinajstić information content (AvgIpc) is 3.28. The van der Waals surface area contributed by atoms with Gasteiger partial charge < -0.3 is 19.9 Å². The predicted molar refractivity (Wildman–Crippen MR) is 132 cm³/mol. The highest BCUT2D eigenvalue weighted by Gasteiger charge is 2.39. The van der Waals surface area contributed by atoms with E-state index in [1.165, 1.54) is 5.69 Å². The molecule has 0 unspecified atom stereocenters. The van der Waals surface area contributed by atoms with Crippen LogP contribution in [0.2, 0.25) is 0 Å². The number of ether oxygens (including phenoxy) is 1. The Balaban J connectivity index is 1.39. The van der Waals surface area contributed by atoms with Crippen molar-refractivity contribution >= 4 is 23.3 Å². The summed E-state index contributed by atoms with van der Waals surface area (Å²) in [5, 5.41) is 10.7. The molecule has 1 aliphatic heterocycles. The number of piperazine rings is 1. The summed E-state index contributed by atoms with van der Waals surface area (Å²) in [6.45, 7) is 10.5. The van der Waals surface area contributed by atoms with Crippen molar-refractivity contribution in [2.75, 3.05) is 50.1 Å². The van der Waals surface area contributed by atoms with E-state index in [0.29, 0.717) is 30.4 Å². The van der Waals surface area contributed by atoms with Gasteiger partial charge in [0.1, 0.15) is 11.4 Å². The van der Waals surface area contributed by atoms with Crippen molar-refractivity contribution in [3.8, 4) is 11.4 Å². The van der Waals surface area contributed by atoms with Crippen molar-refractivity contribution in [3.63, 3.8) is 0 Å². The Labute approximate surface area is 199 Å². The van der Waals surface area contributed by atoms with Crippen molar-refractivity contribution in [2.45, 2.75) is 32.6 Å². The predicted octanol–water partition coefficient (Wildman–Crippen LogP) is 3.37. The number of rotatable bonds is 5. The third-order valence-corrected chi connectivity index (χ3v) is 6.64. The maximum atomic E-state index is 12.5. The minimum absolute atomic E-state index is 0.297. The molecule has 0 atom stereocenters. The van der Waals surface area contributed by atoms with E-state index in [9.17, 15) is 4.79 Å². The summed E-state index contributed by atoms with van der Waals surface area (Å²) >= 11 is 0. The minimum atomic E-state index is -0.388. The molecule has 2 N–H and O–H groups in total. The maximum Gasteiger partial charge on any atom is 0.356 e. The highest BCUT2D eigenvalue weighted by molar-refractivity contribution is 5.92. The van der Waals surface area contributed by atoms with Gasteiger partial charge in [-0.15, -0.1) is 0 Å². The van der Waals surface area contributed by atoms with Crippen LogP contribution in [0.3, 0.4) is 0 Å². The van der Waals surface area contributed by atoms with Gasteiger partial charge in [-0.1, -0.05) is 13.8 Å². The Morgan fingerprint density at radius 3 is 2.59 bits per heavy atom. The Morgan fingerprint density at radius 2 is 1.88 bits per heavy atom. The van der Waals surface area contributed by atoms with Crippen LogP contribution < -0.4 is 10.2 Å². The molecule has 1 saturated heterocycles. The van der Waals surface area contributed by atoms with Crippen LogP contribution in [-0.2, 0) is 16.6 Å². The molecule has 5 rings (SSSR count). The average molecular weight is 462 g/mol. The Morgan fingerprint density at radius 1 is 1.15 bits per heavy atom. The highest BCUT2D eigenvalue weighted by Crippen LogP contribution is 2.43. The number of hydrogen-bond acceptors (Lipinski definition) is 8. The van der Waals surface area contributed by atoms with E-state index in [1.807, 2.05) is 6.20 Å². The number of fused-ring (bicyclic) bond motifs is 3. The van der Waals surface area contributed by atoms with Crippen LogP contribution >= 0.6 is 0 Å². The molecule has 1 fully saturated rings. The molecule has 3 aromatic rings. The number of likely N-dealkylation sites (N-methyl/N-ethyl adjacent to an activating group) is 1. The fraction of sp³-hybridized carbons (Fsp3) is 0.440. The summed E-state index contributed by atoms with van der Waals surface area (Å²) in [5.41, 5.74) is 5.53. The molecule has 0 radical (unpaired) electrons. The lowest BCUT2D eigenvalue weighted by molar-refractivity contribution is 0.0516. The minimum Gasteiger partial charge on any atom is -0.461 e. The third kappa shape index (κ3) is 4.11. The molecule has 3 heterocycles. The quantitative estimate of drug-likeness (QED) is 0.558. The van der Waals surface area contributed by atoms with Crippen LogP contribution in [0.5, 0.6) is 0 Å². The van der Waals surface area contributed by atoms with Crippen molar-refractivity contribution in [2.24, 2.45) is 0 Å². The van der Waals surface area contributed by atoms with Gasteiger partial charge in [0, 0.05) is 49.3 Å². The zero-order valence-electron chi connectivity index (χ0n) is 20.2. The number of nitrogens with one attached hydrogen (secondary N) is 2. The fourth-order valence-electron chi connectivity index (χ4n) is 4.84. The number of benzene rings is 1. The molecular formula is C25H31N7O2. The van der Waals surface area contributed by atoms with Crippen LogP contribution in [0.15, 0.2) is 30.5 Å². The topological polar surface area (TPSA) is 99.3 Å². The summed E-state index contributed by atoms with van der Waals surface area (Å²) in [4.78, 5) is 26.6. The van der Waals surface area contributed by atoms with Crippen molar-refractivity contribution in [3.05, 3.63) is 47.3 Å². The molecule has 2 aromatic heterocycles. The Hall–Kier alpha value is -3.46. The van der Waals surface area contributed by atoms with Gasteiger partial charge in [0.05, 0.1) is 12.3 Å². The lowest BCUT2D eigenvalue weighted by atomic mass is 9.73. The molecule has 9 nitrogen and oxygen atoms in total. The third-order valence-electron chi connectivity index (χ3n) is 6.64. The van der Waals surface area contributed by atoms with E-state index in [1.54, 1.807) is 6.92 Å². The van der Waals surface area contributed by atoms with E-state index in [2.05, 4.69) is 75.5 Å². The van der Waals surface area contributed by atoms with E-state index < -0.39 is 0 Å². The van der Waals surface area contributed by atoms with E-state index >= 15 is 0 Å². The number of hydrogen-bond donors (Lipinski definition) is 2. The first-order valence-corrected chi connectivity index (χ1v) is 11.8. The van der Waals surface area contributed by atoms with Gasteiger partial charge in [-0.25, -0.2) is 14.8 Å². The molecular weight excluding hydrogens is 430 g/mol. The lowest BCUT2D eigenvalue weighted by Crippen LogP contribution is -2.44. The SMILES string of the molecule is CCOC(=O)c1[nH]nc2c1C(C)(C)Cc1cnc(Nc3ccc(N4CCN(C)CC4)cc3)nc1-2. The second-order valence-corrected chi connectivity index (χ2v) is 9.63. The largest absolute Gasteiger partial charge is 0.461 e. The summed E-state index contributed by atoms with van der Waals surface area (Å²) in [5.74, 6) is 0.109.